The van der Waals surface area contributed by atoms with Crippen molar-refractivity contribution in [3.63, 3.8) is 0 Å². The normalized spacial score (nSPS) is 10.5. The van der Waals surface area contributed by atoms with Gasteiger partial charge in [0, 0.05) is 0 Å². The van der Waals surface area contributed by atoms with Crippen LogP contribution in [0.1, 0.15) is 11.1 Å². The maximum Gasteiger partial charge on any atom is 3.00 e. The fourth-order valence-corrected chi connectivity index (χ4v) is 5.55. The zero-order valence-corrected chi connectivity index (χ0v) is 43.2. The average molecular weight is 1370 g/mol. The van der Waals surface area contributed by atoms with Crippen LogP contribution in [-0.2, 0) is 0 Å². The van der Waals surface area contributed by atoms with Crippen LogP contribution in [0.2, 0.25) is 0 Å². The Labute approximate surface area is 480 Å². The molecule has 0 aromatic heterocycles. The summed E-state index contributed by atoms with van der Waals surface area (Å²) >= 11 is 0. The Kier molecular flexibility index (Phi) is 24.6. The van der Waals surface area contributed by atoms with Gasteiger partial charge in [-0.15, -0.1) is 0 Å². The van der Waals surface area contributed by atoms with Gasteiger partial charge < -0.3 is 16.0 Å². The fraction of sp³-hybridized carbons (Fsp3) is 0.0400. The third-order valence-electron chi connectivity index (χ3n) is 9.67. The number of hydrogen-bond acceptors (Lipinski definition) is 0. The van der Waals surface area contributed by atoms with Gasteiger partial charge in [0.2, 0.25) is 0 Å². The fourth-order valence-electron chi connectivity index (χ4n) is 5.55. The summed E-state index contributed by atoms with van der Waals surface area (Å²) in [6.07, 6.45) is 0. The Hall–Kier alpha value is -7.59. The molecule has 0 heterocycles. The van der Waals surface area contributed by atoms with Crippen LogP contribution in [0.3, 0.4) is 0 Å². The van der Waals surface area contributed by atoms with Crippen LogP contribution >= 0.6 is 0 Å². The van der Waals surface area contributed by atoms with E-state index in [4.69, 9.17) is 0 Å². The SMILES string of the molecule is Cc1ccccc1.Cc1ccccc1.Fc1c(F)c(F)c([N-]c2c(F)c(F)c(F)c(F)c2F)c(F)c1F.Fc1c(F)c(F)c([N-]c2c(F)c(F)c(F)c(F)c2F)c(F)c1F.Fc1c(F)c(F)c([N-]c2c(F)c(F)c(F)c(F)c2F)c(F)c1F.[Nd+3]. The number of hydrogen-bond donors (Lipinski definition) is 0. The molecule has 3 nitrogen and oxygen atoms in total. The van der Waals surface area contributed by atoms with Gasteiger partial charge in [-0.25, -0.2) is 132 Å². The summed E-state index contributed by atoms with van der Waals surface area (Å²) in [7, 11) is 0. The van der Waals surface area contributed by atoms with E-state index in [0.717, 1.165) is 0 Å². The van der Waals surface area contributed by atoms with Gasteiger partial charge in [-0.1, -0.05) is 106 Å². The Balaban J connectivity index is 0.000000293. The smallest absolute Gasteiger partial charge is 0.648 e. The molecule has 445 valence electrons. The summed E-state index contributed by atoms with van der Waals surface area (Å²) in [5, 5.41) is 7.11. The minimum atomic E-state index is -2.59. The summed E-state index contributed by atoms with van der Waals surface area (Å²) in [6.45, 7) is 4.17. The Morgan fingerprint density at radius 2 is 0.262 bits per heavy atom. The van der Waals surface area contributed by atoms with Crippen molar-refractivity contribution in [2.75, 3.05) is 0 Å². The van der Waals surface area contributed by atoms with E-state index in [1.54, 1.807) is 0 Å². The van der Waals surface area contributed by atoms with Crippen LogP contribution in [-0.4, -0.2) is 0 Å². The van der Waals surface area contributed by atoms with Gasteiger partial charge in [-0.05, 0) is 13.8 Å². The van der Waals surface area contributed by atoms with Crippen molar-refractivity contribution in [1.29, 1.82) is 0 Å². The first-order valence-electron chi connectivity index (χ1n) is 20.8. The molecule has 0 aliphatic carbocycles. The third kappa shape index (κ3) is 14.8. The van der Waals surface area contributed by atoms with E-state index in [1.807, 2.05) is 36.4 Å². The summed E-state index contributed by atoms with van der Waals surface area (Å²) in [4.78, 5) is 0. The maximum absolute atomic E-state index is 13.3. The largest absolute Gasteiger partial charge is 3.00 e. The van der Waals surface area contributed by atoms with E-state index < -0.39 is 209 Å². The standard InChI is InChI=1S/3C12F10N.2C7H8.Nd/c3*13-1-3(15)7(19)11(8(20)4(1)16)23-12-9(21)5(17)2(14)6(18)10(12)22;2*1-7-5-3-2-4-6-7;/h;;;2*2-6H,1H3;/q3*-1;;;+3. The molecule has 8 aromatic carbocycles. The summed E-state index contributed by atoms with van der Waals surface area (Å²) in [6, 6.07) is 20.5. The van der Waals surface area contributed by atoms with Crippen LogP contribution in [0.4, 0.5) is 166 Å². The molecular formula is C50H16F30N3Nd. The molecule has 1 radical (unpaired) electrons. The zero-order chi connectivity index (χ0) is 63.1. The monoisotopic (exact) mass is 1370 g/mol. The number of benzene rings is 8. The second-order valence-corrected chi connectivity index (χ2v) is 15.2. The van der Waals surface area contributed by atoms with Crippen LogP contribution in [0.25, 0.3) is 16.0 Å². The molecule has 0 aliphatic heterocycles. The maximum atomic E-state index is 13.3. The number of aryl methyl sites for hydroxylation is 2. The number of rotatable bonds is 6. The number of nitrogens with zero attached hydrogens (tertiary/aromatic N) is 3. The summed E-state index contributed by atoms with van der Waals surface area (Å²) in [5.41, 5.74) is -10.00. The predicted octanol–water partition coefficient (Wildman–Crippen LogP) is 20.2. The molecule has 0 saturated heterocycles. The van der Waals surface area contributed by atoms with Crippen molar-refractivity contribution in [2.45, 2.75) is 13.8 Å². The second kappa shape index (κ2) is 29.3. The Morgan fingerprint density at radius 1 is 0.167 bits per heavy atom. The number of halogens is 30. The molecule has 84 heavy (non-hydrogen) atoms. The minimum absolute atomic E-state index is 0. The van der Waals surface area contributed by atoms with Crippen molar-refractivity contribution in [3.05, 3.63) is 262 Å². The molecule has 0 saturated carbocycles. The molecule has 0 spiro atoms. The molecular weight excluding hydrogens is 1360 g/mol. The van der Waals surface area contributed by atoms with Gasteiger partial charge in [0.25, 0.3) is 0 Å². The van der Waals surface area contributed by atoms with Gasteiger partial charge in [-0.3, -0.25) is 0 Å². The molecule has 0 unspecified atom stereocenters. The third-order valence-corrected chi connectivity index (χ3v) is 9.67. The first-order chi connectivity index (χ1) is 38.6. The second-order valence-electron chi connectivity index (χ2n) is 15.2. The van der Waals surface area contributed by atoms with Crippen LogP contribution in [0.5, 0.6) is 0 Å². The van der Waals surface area contributed by atoms with Gasteiger partial charge in [0.1, 0.15) is 69.8 Å². The van der Waals surface area contributed by atoms with Crippen molar-refractivity contribution < 1.29 is 173 Å². The molecule has 8 rings (SSSR count). The van der Waals surface area contributed by atoms with Crippen molar-refractivity contribution in [2.24, 2.45) is 0 Å². The molecule has 0 amide bonds. The molecule has 8 aromatic rings. The van der Waals surface area contributed by atoms with E-state index in [9.17, 15) is 132 Å². The Morgan fingerprint density at radius 3 is 0.345 bits per heavy atom. The van der Waals surface area contributed by atoms with Crippen LogP contribution < -0.4 is 0 Å². The molecule has 0 atom stereocenters. The molecule has 0 N–H and O–H groups in total. The van der Waals surface area contributed by atoms with E-state index in [1.165, 1.54) is 11.1 Å². The van der Waals surface area contributed by atoms with E-state index >= 15 is 0 Å². The zero-order valence-electron chi connectivity index (χ0n) is 40.0. The average Bonchev–Trinajstić information content (AvgIpc) is 3.59. The van der Waals surface area contributed by atoms with E-state index in [-0.39, 0.29) is 40.8 Å². The van der Waals surface area contributed by atoms with E-state index in [0.29, 0.717) is 0 Å². The quantitative estimate of drug-likeness (QED) is 0.0905. The van der Waals surface area contributed by atoms with Crippen LogP contribution in [0.15, 0.2) is 60.7 Å². The summed E-state index contributed by atoms with van der Waals surface area (Å²) < 4.78 is 391. The van der Waals surface area contributed by atoms with E-state index in [2.05, 4.69) is 54.1 Å². The van der Waals surface area contributed by atoms with Gasteiger partial charge >= 0.3 is 40.8 Å². The van der Waals surface area contributed by atoms with Crippen molar-refractivity contribution >= 4 is 34.1 Å². The topological polar surface area (TPSA) is 42.3 Å². The molecule has 34 heteroatoms. The van der Waals surface area contributed by atoms with Gasteiger partial charge in [-0.2, -0.15) is 0 Å². The molecule has 0 aliphatic rings. The van der Waals surface area contributed by atoms with Gasteiger partial charge in [0.05, 0.1) is 0 Å². The molecule has 0 fully saturated rings. The van der Waals surface area contributed by atoms with Crippen molar-refractivity contribution in [3.8, 4) is 0 Å². The van der Waals surface area contributed by atoms with Crippen molar-refractivity contribution in [1.82, 2.24) is 0 Å². The minimum Gasteiger partial charge on any atom is -0.648 e. The predicted molar refractivity (Wildman–Crippen MR) is 228 cm³/mol. The first-order valence-corrected chi connectivity index (χ1v) is 20.8. The molecule has 0 bridgehead atoms. The summed E-state index contributed by atoms with van der Waals surface area (Å²) in [5.74, 6) is -76.9. The van der Waals surface area contributed by atoms with Gasteiger partial charge in [0.15, 0.2) is 105 Å². The first kappa shape index (κ1) is 70.7. The Bertz CT molecular complexity index is 3020. The van der Waals surface area contributed by atoms with Crippen LogP contribution in [0, 0.1) is 229 Å².